The SMILES string of the molecule is CCN1CCN(c2ncnc(N3CCN(c4ccccc4F)CC3)c2[N+](=O)[O-])CC1. The van der Waals surface area contributed by atoms with Crippen LogP contribution >= 0.6 is 0 Å². The number of para-hydroxylation sites is 1. The molecule has 2 aliphatic rings. The van der Waals surface area contributed by atoms with Crippen LogP contribution in [0.1, 0.15) is 6.92 Å². The maximum Gasteiger partial charge on any atom is 0.353 e. The van der Waals surface area contributed by atoms with Gasteiger partial charge in [-0.05, 0) is 18.7 Å². The minimum atomic E-state index is -0.375. The Kier molecular flexibility index (Phi) is 5.93. The van der Waals surface area contributed by atoms with Crippen LogP contribution in [-0.4, -0.2) is 78.7 Å². The lowest BCUT2D eigenvalue weighted by atomic mass is 10.2. The number of nitro groups is 1. The standard InChI is InChI=1S/C20H26FN7O2/c1-2-24-7-9-26(10-8-24)19-18(28(29)30)20(23-15-22-19)27-13-11-25(12-14-27)17-6-4-3-5-16(17)21/h3-6,15H,2,7-14H2,1H3. The van der Waals surface area contributed by atoms with Gasteiger partial charge in [0, 0.05) is 52.4 Å². The third kappa shape index (κ3) is 4.00. The number of rotatable bonds is 5. The zero-order valence-electron chi connectivity index (χ0n) is 17.1. The molecule has 2 saturated heterocycles. The summed E-state index contributed by atoms with van der Waals surface area (Å²) in [6.45, 7) is 8.36. The number of piperazine rings is 2. The normalized spacial score (nSPS) is 18.0. The Hall–Kier alpha value is -3.01. The molecule has 2 fully saturated rings. The van der Waals surface area contributed by atoms with Crippen LogP contribution in [0, 0.1) is 15.9 Å². The zero-order valence-corrected chi connectivity index (χ0v) is 17.1. The summed E-state index contributed by atoms with van der Waals surface area (Å²) in [7, 11) is 0. The van der Waals surface area contributed by atoms with Crippen LogP contribution in [0.15, 0.2) is 30.6 Å². The molecule has 0 bridgehead atoms. The average molecular weight is 415 g/mol. The highest BCUT2D eigenvalue weighted by Crippen LogP contribution is 2.35. The van der Waals surface area contributed by atoms with Gasteiger partial charge < -0.3 is 19.6 Å². The van der Waals surface area contributed by atoms with E-state index < -0.39 is 0 Å². The van der Waals surface area contributed by atoms with Crippen molar-refractivity contribution in [1.82, 2.24) is 14.9 Å². The van der Waals surface area contributed by atoms with Crippen LogP contribution in [0.25, 0.3) is 0 Å². The maximum absolute atomic E-state index is 14.1. The van der Waals surface area contributed by atoms with Gasteiger partial charge in [0.15, 0.2) is 0 Å². The molecule has 9 nitrogen and oxygen atoms in total. The molecule has 0 spiro atoms. The van der Waals surface area contributed by atoms with Crippen LogP contribution in [0.3, 0.4) is 0 Å². The monoisotopic (exact) mass is 415 g/mol. The smallest absolute Gasteiger partial charge is 0.353 e. The highest BCUT2D eigenvalue weighted by atomic mass is 19.1. The van der Waals surface area contributed by atoms with Gasteiger partial charge in [-0.25, -0.2) is 14.4 Å². The molecule has 4 rings (SSSR count). The first-order chi connectivity index (χ1) is 14.6. The Balaban J connectivity index is 1.53. The zero-order chi connectivity index (χ0) is 21.1. The number of halogens is 1. The molecule has 160 valence electrons. The molecule has 0 amide bonds. The van der Waals surface area contributed by atoms with Crippen LogP contribution in [0.5, 0.6) is 0 Å². The Bertz CT molecular complexity index is 896. The van der Waals surface area contributed by atoms with Crippen LogP contribution < -0.4 is 14.7 Å². The van der Waals surface area contributed by atoms with Gasteiger partial charge in [0.05, 0.1) is 10.6 Å². The first-order valence-electron chi connectivity index (χ1n) is 10.3. The number of hydrogen-bond acceptors (Lipinski definition) is 8. The molecular formula is C20H26FN7O2. The van der Waals surface area contributed by atoms with Crippen LogP contribution in [-0.2, 0) is 0 Å². The predicted molar refractivity (Wildman–Crippen MR) is 114 cm³/mol. The molecule has 2 aromatic rings. The van der Waals surface area contributed by atoms with E-state index in [-0.39, 0.29) is 16.4 Å². The Morgan fingerprint density at radius 2 is 1.47 bits per heavy atom. The number of aromatic nitrogens is 2. The average Bonchev–Trinajstić information content (AvgIpc) is 2.79. The fourth-order valence-electron chi connectivity index (χ4n) is 4.13. The molecule has 3 heterocycles. The van der Waals surface area contributed by atoms with E-state index in [0.717, 1.165) is 19.6 Å². The van der Waals surface area contributed by atoms with Gasteiger partial charge in [0.25, 0.3) is 0 Å². The number of likely N-dealkylation sites (N-methyl/N-ethyl adjacent to an activating group) is 1. The van der Waals surface area contributed by atoms with Gasteiger partial charge in [0.2, 0.25) is 11.6 Å². The van der Waals surface area contributed by atoms with Crippen LogP contribution in [0.2, 0.25) is 0 Å². The van der Waals surface area contributed by atoms with Gasteiger partial charge in [-0.15, -0.1) is 0 Å². The largest absolute Gasteiger partial charge is 0.366 e. The van der Waals surface area contributed by atoms with E-state index in [1.54, 1.807) is 12.1 Å². The fourth-order valence-corrected chi connectivity index (χ4v) is 4.13. The van der Waals surface area contributed by atoms with Gasteiger partial charge in [-0.1, -0.05) is 19.1 Å². The van der Waals surface area contributed by atoms with Crippen molar-refractivity contribution in [3.8, 4) is 0 Å². The van der Waals surface area contributed by atoms with Gasteiger partial charge in [-0.2, -0.15) is 0 Å². The summed E-state index contributed by atoms with van der Waals surface area (Å²) < 4.78 is 14.1. The highest BCUT2D eigenvalue weighted by molar-refractivity contribution is 5.71. The summed E-state index contributed by atoms with van der Waals surface area (Å²) >= 11 is 0. The summed E-state index contributed by atoms with van der Waals surface area (Å²) in [6.07, 6.45) is 1.41. The topological polar surface area (TPSA) is 81.9 Å². The molecule has 2 aliphatic heterocycles. The summed E-state index contributed by atoms with van der Waals surface area (Å²) in [5.74, 6) is 0.473. The minimum absolute atomic E-state index is 0.0400. The van der Waals surface area contributed by atoms with E-state index in [1.165, 1.54) is 12.4 Å². The van der Waals surface area contributed by atoms with Crippen molar-refractivity contribution in [3.63, 3.8) is 0 Å². The lowest BCUT2D eigenvalue weighted by Crippen LogP contribution is -2.48. The second kappa shape index (κ2) is 8.78. The molecule has 0 N–H and O–H groups in total. The molecular weight excluding hydrogens is 389 g/mol. The van der Waals surface area contributed by atoms with Crippen molar-refractivity contribution in [2.45, 2.75) is 6.92 Å². The van der Waals surface area contributed by atoms with E-state index in [2.05, 4.69) is 21.8 Å². The number of anilines is 3. The quantitative estimate of drug-likeness (QED) is 0.542. The second-order valence-corrected chi connectivity index (χ2v) is 7.47. The van der Waals surface area contributed by atoms with E-state index >= 15 is 0 Å². The Morgan fingerprint density at radius 3 is 2.00 bits per heavy atom. The van der Waals surface area contributed by atoms with E-state index in [4.69, 9.17) is 0 Å². The van der Waals surface area contributed by atoms with Crippen LogP contribution in [0.4, 0.5) is 27.4 Å². The fraction of sp³-hybridized carbons (Fsp3) is 0.500. The Morgan fingerprint density at radius 1 is 0.933 bits per heavy atom. The number of hydrogen-bond donors (Lipinski definition) is 0. The van der Waals surface area contributed by atoms with Crippen molar-refractivity contribution < 1.29 is 9.31 Å². The van der Waals surface area contributed by atoms with Gasteiger partial charge >= 0.3 is 5.69 Å². The molecule has 1 aromatic carbocycles. The molecule has 10 heteroatoms. The van der Waals surface area contributed by atoms with E-state index in [9.17, 15) is 14.5 Å². The minimum Gasteiger partial charge on any atom is -0.366 e. The molecule has 0 unspecified atom stereocenters. The summed E-state index contributed by atoms with van der Waals surface area (Å²) in [6, 6.07) is 6.68. The molecule has 0 atom stereocenters. The first kappa shape index (κ1) is 20.3. The molecule has 1 aromatic heterocycles. The van der Waals surface area contributed by atoms with Crippen molar-refractivity contribution in [1.29, 1.82) is 0 Å². The van der Waals surface area contributed by atoms with E-state index in [0.29, 0.717) is 56.6 Å². The van der Waals surface area contributed by atoms with Crippen molar-refractivity contribution in [2.24, 2.45) is 0 Å². The van der Waals surface area contributed by atoms with Gasteiger partial charge in [-0.3, -0.25) is 10.1 Å². The van der Waals surface area contributed by atoms with Crippen molar-refractivity contribution in [2.75, 3.05) is 73.6 Å². The van der Waals surface area contributed by atoms with Crippen molar-refractivity contribution in [3.05, 3.63) is 46.5 Å². The predicted octanol–water partition coefficient (Wildman–Crippen LogP) is 1.99. The Labute approximate surface area is 174 Å². The third-order valence-electron chi connectivity index (χ3n) is 5.86. The molecule has 30 heavy (non-hydrogen) atoms. The second-order valence-electron chi connectivity index (χ2n) is 7.47. The van der Waals surface area contributed by atoms with Gasteiger partial charge in [0.1, 0.15) is 12.1 Å². The third-order valence-corrected chi connectivity index (χ3v) is 5.86. The molecule has 0 aliphatic carbocycles. The lowest BCUT2D eigenvalue weighted by Gasteiger charge is -2.37. The number of benzene rings is 1. The first-order valence-corrected chi connectivity index (χ1v) is 10.3. The summed E-state index contributed by atoms with van der Waals surface area (Å²) in [4.78, 5) is 28.3. The lowest BCUT2D eigenvalue weighted by molar-refractivity contribution is -0.383. The highest BCUT2D eigenvalue weighted by Gasteiger charge is 2.32. The number of nitrogens with zero attached hydrogens (tertiary/aromatic N) is 7. The maximum atomic E-state index is 14.1. The molecule has 0 radical (unpaired) electrons. The summed E-state index contributed by atoms with van der Waals surface area (Å²) in [5, 5.41) is 12.0. The summed E-state index contributed by atoms with van der Waals surface area (Å²) in [5.41, 5.74) is 0.519. The van der Waals surface area contributed by atoms with E-state index in [1.807, 2.05) is 20.8 Å². The molecule has 0 saturated carbocycles. The van der Waals surface area contributed by atoms with Crippen molar-refractivity contribution >= 4 is 23.0 Å².